The van der Waals surface area contributed by atoms with E-state index in [-0.39, 0.29) is 12.0 Å². The summed E-state index contributed by atoms with van der Waals surface area (Å²) in [7, 11) is 0. The van der Waals surface area contributed by atoms with Crippen molar-refractivity contribution in [3.05, 3.63) is 12.2 Å². The Morgan fingerprint density at radius 1 is 1.59 bits per heavy atom. The van der Waals surface area contributed by atoms with Crippen LogP contribution in [0.4, 0.5) is 0 Å². The summed E-state index contributed by atoms with van der Waals surface area (Å²) in [6, 6.07) is 0. The molecule has 1 aliphatic rings. The molecular weight excluding hydrogens is 216 g/mol. The molecule has 0 spiro atoms. The summed E-state index contributed by atoms with van der Waals surface area (Å²) in [6.45, 7) is 7.31. The van der Waals surface area contributed by atoms with Crippen molar-refractivity contribution in [3.8, 4) is 0 Å². The van der Waals surface area contributed by atoms with Gasteiger partial charge in [-0.3, -0.25) is 0 Å². The minimum absolute atomic E-state index is 0.0399. The van der Waals surface area contributed by atoms with Crippen LogP contribution >= 0.6 is 0 Å². The van der Waals surface area contributed by atoms with Crippen molar-refractivity contribution in [1.82, 2.24) is 20.1 Å². The molecule has 0 saturated carbocycles. The zero-order chi connectivity index (χ0) is 12.3. The van der Waals surface area contributed by atoms with Crippen LogP contribution in [0.5, 0.6) is 0 Å². The minimum Gasteiger partial charge on any atom is -0.396 e. The largest absolute Gasteiger partial charge is 0.396 e. The maximum absolute atomic E-state index is 9.59. The minimum atomic E-state index is -0.0399. The summed E-state index contributed by atoms with van der Waals surface area (Å²) in [5, 5.41) is 17.2. The van der Waals surface area contributed by atoms with E-state index in [2.05, 4.69) is 29.2 Å². The van der Waals surface area contributed by atoms with E-state index >= 15 is 0 Å². The Morgan fingerprint density at radius 3 is 3.00 bits per heavy atom. The Kier molecular flexibility index (Phi) is 3.79. The van der Waals surface area contributed by atoms with E-state index < -0.39 is 0 Å². The predicted molar refractivity (Wildman–Crippen MR) is 65.6 cm³/mol. The molecule has 1 fully saturated rings. The molecule has 0 aliphatic carbocycles. The molecule has 2 heterocycles. The highest BCUT2D eigenvalue weighted by Gasteiger charge is 2.34. The molecule has 1 aliphatic heterocycles. The van der Waals surface area contributed by atoms with Gasteiger partial charge in [-0.2, -0.15) is 5.10 Å². The van der Waals surface area contributed by atoms with Gasteiger partial charge in [-0.25, -0.2) is 9.67 Å². The van der Waals surface area contributed by atoms with E-state index in [9.17, 15) is 5.11 Å². The van der Waals surface area contributed by atoms with Crippen LogP contribution in [0.1, 0.15) is 26.1 Å². The number of nitrogens with zero attached hydrogens (tertiary/aromatic N) is 3. The van der Waals surface area contributed by atoms with Gasteiger partial charge in [0.15, 0.2) is 0 Å². The highest BCUT2D eigenvalue weighted by atomic mass is 16.3. The van der Waals surface area contributed by atoms with Crippen LogP contribution in [0, 0.1) is 11.3 Å². The summed E-state index contributed by atoms with van der Waals surface area (Å²) in [5.41, 5.74) is -0.0399. The van der Waals surface area contributed by atoms with Crippen molar-refractivity contribution in [1.29, 1.82) is 0 Å². The lowest BCUT2D eigenvalue weighted by molar-refractivity contribution is 0.139. The molecule has 1 atom stereocenters. The fourth-order valence-electron chi connectivity index (χ4n) is 2.40. The molecule has 1 aromatic rings. The van der Waals surface area contributed by atoms with Gasteiger partial charge in [0.05, 0.1) is 6.61 Å². The number of aliphatic hydroxyl groups is 1. The van der Waals surface area contributed by atoms with Gasteiger partial charge < -0.3 is 10.4 Å². The number of aromatic nitrogens is 3. The van der Waals surface area contributed by atoms with Gasteiger partial charge in [0.2, 0.25) is 0 Å². The number of rotatable bonds is 5. The second-order valence-electron chi connectivity index (χ2n) is 5.51. The van der Waals surface area contributed by atoms with Gasteiger partial charge in [-0.1, -0.05) is 13.8 Å². The highest BCUT2D eigenvalue weighted by Crippen LogP contribution is 2.28. The molecule has 2 N–H and O–H groups in total. The average molecular weight is 238 g/mol. The monoisotopic (exact) mass is 238 g/mol. The van der Waals surface area contributed by atoms with Crippen molar-refractivity contribution < 1.29 is 5.11 Å². The van der Waals surface area contributed by atoms with E-state index in [4.69, 9.17) is 0 Å². The zero-order valence-electron chi connectivity index (χ0n) is 10.7. The maximum atomic E-state index is 9.59. The third-order valence-electron chi connectivity index (χ3n) is 3.43. The fraction of sp³-hybridized carbons (Fsp3) is 0.833. The van der Waals surface area contributed by atoms with Crippen molar-refractivity contribution in [2.24, 2.45) is 11.3 Å². The van der Waals surface area contributed by atoms with Crippen LogP contribution in [-0.4, -0.2) is 39.6 Å². The van der Waals surface area contributed by atoms with E-state index in [0.29, 0.717) is 5.92 Å². The number of aliphatic hydroxyl groups excluding tert-OH is 1. The van der Waals surface area contributed by atoms with E-state index in [1.807, 2.05) is 4.68 Å². The molecule has 0 aromatic carbocycles. The van der Waals surface area contributed by atoms with Crippen LogP contribution in [-0.2, 0) is 13.0 Å². The quantitative estimate of drug-likeness (QED) is 0.782. The second-order valence-corrected chi connectivity index (χ2v) is 5.51. The first-order valence-electron chi connectivity index (χ1n) is 6.33. The molecule has 17 heavy (non-hydrogen) atoms. The first-order chi connectivity index (χ1) is 8.15. The Labute approximate surface area is 102 Å². The highest BCUT2D eigenvalue weighted by molar-refractivity contribution is 4.98. The predicted octanol–water partition coefficient (Wildman–Crippen LogP) is 0.449. The molecule has 5 nitrogen and oxygen atoms in total. The van der Waals surface area contributed by atoms with E-state index in [1.54, 1.807) is 6.33 Å². The third-order valence-corrected chi connectivity index (χ3v) is 3.43. The normalized spacial score (nSPS) is 24.7. The second kappa shape index (κ2) is 5.14. The van der Waals surface area contributed by atoms with Gasteiger partial charge >= 0.3 is 0 Å². The lowest BCUT2D eigenvalue weighted by Gasteiger charge is -2.25. The van der Waals surface area contributed by atoms with Gasteiger partial charge in [0.25, 0.3) is 0 Å². The maximum Gasteiger partial charge on any atom is 0.138 e. The van der Waals surface area contributed by atoms with Crippen LogP contribution in [0.15, 0.2) is 6.33 Å². The number of hydrogen-bond acceptors (Lipinski definition) is 4. The van der Waals surface area contributed by atoms with Gasteiger partial charge in [0, 0.05) is 24.9 Å². The molecule has 2 rings (SSSR count). The van der Waals surface area contributed by atoms with Gasteiger partial charge in [0.1, 0.15) is 12.2 Å². The molecular formula is C12H22N4O. The molecule has 0 amide bonds. The topological polar surface area (TPSA) is 63.0 Å². The van der Waals surface area contributed by atoms with Crippen molar-refractivity contribution in [2.75, 3.05) is 19.7 Å². The molecule has 1 aromatic heterocycles. The lowest BCUT2D eigenvalue weighted by atomic mass is 9.84. The van der Waals surface area contributed by atoms with E-state index in [0.717, 1.165) is 38.3 Å². The van der Waals surface area contributed by atoms with Crippen molar-refractivity contribution in [2.45, 2.75) is 33.2 Å². The van der Waals surface area contributed by atoms with Gasteiger partial charge in [-0.05, 0) is 18.9 Å². The first kappa shape index (κ1) is 12.5. The molecule has 0 bridgehead atoms. The van der Waals surface area contributed by atoms with Crippen LogP contribution in [0.25, 0.3) is 0 Å². The molecule has 96 valence electrons. The first-order valence-corrected chi connectivity index (χ1v) is 6.33. The summed E-state index contributed by atoms with van der Waals surface area (Å²) < 4.78 is 1.97. The summed E-state index contributed by atoms with van der Waals surface area (Å²) in [4.78, 5) is 4.34. The summed E-state index contributed by atoms with van der Waals surface area (Å²) >= 11 is 0. The SMILES string of the molecule is CC(C)Cn1ncnc1CC1(CO)CCNC1. The summed E-state index contributed by atoms with van der Waals surface area (Å²) in [5.74, 6) is 1.55. The van der Waals surface area contributed by atoms with Crippen molar-refractivity contribution >= 4 is 0 Å². The smallest absolute Gasteiger partial charge is 0.138 e. The van der Waals surface area contributed by atoms with Crippen LogP contribution in [0.3, 0.4) is 0 Å². The molecule has 0 radical (unpaired) electrons. The third kappa shape index (κ3) is 2.84. The summed E-state index contributed by atoms with van der Waals surface area (Å²) in [6.07, 6.45) is 3.44. The molecule has 1 saturated heterocycles. The Hall–Kier alpha value is -0.940. The van der Waals surface area contributed by atoms with Gasteiger partial charge in [-0.15, -0.1) is 0 Å². The average Bonchev–Trinajstić information content (AvgIpc) is 2.90. The van der Waals surface area contributed by atoms with Crippen LogP contribution in [0.2, 0.25) is 0 Å². The Bertz CT molecular complexity index is 355. The number of nitrogens with one attached hydrogen (secondary N) is 1. The van der Waals surface area contributed by atoms with E-state index in [1.165, 1.54) is 0 Å². The van der Waals surface area contributed by atoms with Crippen LogP contribution < -0.4 is 5.32 Å². The number of hydrogen-bond donors (Lipinski definition) is 2. The Morgan fingerprint density at radius 2 is 2.41 bits per heavy atom. The molecule has 1 unspecified atom stereocenters. The van der Waals surface area contributed by atoms with Crippen molar-refractivity contribution in [3.63, 3.8) is 0 Å². The fourth-order valence-corrected chi connectivity index (χ4v) is 2.40. The zero-order valence-corrected chi connectivity index (χ0v) is 10.7. The molecule has 5 heteroatoms. The Balaban J connectivity index is 2.09. The standard InChI is InChI=1S/C12H22N4O/c1-10(2)6-16-11(14-9-15-16)5-12(8-17)3-4-13-7-12/h9-10,13,17H,3-8H2,1-2H3. The lowest BCUT2D eigenvalue weighted by Crippen LogP contribution is -2.32.